The first-order chi connectivity index (χ1) is 9.97. The number of anilines is 1. The number of urea groups is 1. The number of aryl methyl sites for hydroxylation is 1. The summed E-state index contributed by atoms with van der Waals surface area (Å²) in [5.41, 5.74) is 1.65. The van der Waals surface area contributed by atoms with E-state index >= 15 is 0 Å². The highest BCUT2D eigenvalue weighted by molar-refractivity contribution is 5.96. The summed E-state index contributed by atoms with van der Waals surface area (Å²) < 4.78 is 0. The second kappa shape index (κ2) is 8.29. The number of rotatable bonds is 7. The molecule has 1 rings (SSSR count). The van der Waals surface area contributed by atoms with Crippen LogP contribution in [0.5, 0.6) is 0 Å². The van der Waals surface area contributed by atoms with E-state index in [1.807, 2.05) is 26.0 Å². The number of carbonyl (C=O) groups excluding carboxylic acids is 1. The molecule has 0 saturated carbocycles. The Balaban J connectivity index is 2.88. The largest absolute Gasteiger partial charge is 0.480 e. The second-order valence-electron chi connectivity index (χ2n) is 5.16. The molecule has 1 aromatic carbocycles. The van der Waals surface area contributed by atoms with Gasteiger partial charge in [0.25, 0.3) is 0 Å². The molecule has 2 amide bonds. The summed E-state index contributed by atoms with van der Waals surface area (Å²) in [6.45, 7) is 5.66. The van der Waals surface area contributed by atoms with Crippen LogP contribution in [0.4, 0.5) is 10.5 Å². The Kier molecular flexibility index (Phi) is 6.72. The summed E-state index contributed by atoms with van der Waals surface area (Å²) in [5, 5.41) is 11.9. The van der Waals surface area contributed by atoms with Gasteiger partial charge in [0, 0.05) is 11.7 Å². The van der Waals surface area contributed by atoms with Gasteiger partial charge >= 0.3 is 12.0 Å². The molecule has 0 spiro atoms. The van der Waals surface area contributed by atoms with Crippen molar-refractivity contribution in [3.05, 3.63) is 29.8 Å². The minimum Gasteiger partial charge on any atom is -0.480 e. The van der Waals surface area contributed by atoms with Crippen molar-refractivity contribution in [1.82, 2.24) is 5.32 Å². The van der Waals surface area contributed by atoms with E-state index in [0.717, 1.165) is 24.8 Å². The fourth-order valence-corrected chi connectivity index (χ4v) is 2.12. The standard InChI is InChI=1S/C16H24N2O3/c1-4-6-13(5-2)17-16(21)18(11-15(19)20)14-9-7-12(3)8-10-14/h7-10,13H,4-6,11H2,1-3H3,(H,17,21)(H,19,20). The lowest BCUT2D eigenvalue weighted by Gasteiger charge is -2.25. The highest BCUT2D eigenvalue weighted by Crippen LogP contribution is 2.16. The highest BCUT2D eigenvalue weighted by atomic mass is 16.4. The highest BCUT2D eigenvalue weighted by Gasteiger charge is 2.20. The number of benzene rings is 1. The molecule has 0 aliphatic carbocycles. The maximum Gasteiger partial charge on any atom is 0.323 e. The van der Waals surface area contributed by atoms with Crippen molar-refractivity contribution >= 4 is 17.7 Å². The minimum atomic E-state index is -1.03. The molecule has 5 nitrogen and oxygen atoms in total. The molecule has 0 fully saturated rings. The van der Waals surface area contributed by atoms with E-state index in [1.54, 1.807) is 12.1 Å². The monoisotopic (exact) mass is 292 g/mol. The molecule has 0 aliphatic heterocycles. The van der Waals surface area contributed by atoms with Gasteiger partial charge in [-0.15, -0.1) is 0 Å². The molecule has 1 atom stereocenters. The second-order valence-corrected chi connectivity index (χ2v) is 5.16. The van der Waals surface area contributed by atoms with Gasteiger partial charge in [0.1, 0.15) is 6.54 Å². The van der Waals surface area contributed by atoms with E-state index in [-0.39, 0.29) is 18.6 Å². The van der Waals surface area contributed by atoms with Gasteiger partial charge in [-0.05, 0) is 31.9 Å². The fraction of sp³-hybridized carbons (Fsp3) is 0.500. The first-order valence-corrected chi connectivity index (χ1v) is 7.34. The smallest absolute Gasteiger partial charge is 0.323 e. The van der Waals surface area contributed by atoms with Crippen LogP contribution in [0.2, 0.25) is 0 Å². The van der Waals surface area contributed by atoms with E-state index in [4.69, 9.17) is 5.11 Å². The zero-order chi connectivity index (χ0) is 15.8. The number of nitrogens with zero attached hydrogens (tertiary/aromatic N) is 1. The lowest BCUT2D eigenvalue weighted by atomic mass is 10.1. The van der Waals surface area contributed by atoms with Gasteiger partial charge in [0.2, 0.25) is 0 Å². The summed E-state index contributed by atoms with van der Waals surface area (Å²) in [5.74, 6) is -1.03. The fourth-order valence-electron chi connectivity index (χ4n) is 2.12. The predicted octanol–water partition coefficient (Wildman–Crippen LogP) is 3.17. The van der Waals surface area contributed by atoms with E-state index in [2.05, 4.69) is 12.2 Å². The van der Waals surface area contributed by atoms with Gasteiger partial charge in [-0.3, -0.25) is 9.69 Å². The van der Waals surface area contributed by atoms with Gasteiger partial charge in [-0.2, -0.15) is 0 Å². The molecule has 2 N–H and O–H groups in total. The topological polar surface area (TPSA) is 69.6 Å². The lowest BCUT2D eigenvalue weighted by molar-refractivity contribution is -0.135. The summed E-state index contributed by atoms with van der Waals surface area (Å²) in [7, 11) is 0. The van der Waals surface area contributed by atoms with Crippen molar-refractivity contribution in [1.29, 1.82) is 0 Å². The number of carboxylic acid groups (broad SMARTS) is 1. The van der Waals surface area contributed by atoms with E-state index in [1.165, 1.54) is 4.90 Å². The van der Waals surface area contributed by atoms with Crippen LogP contribution in [0.1, 0.15) is 38.7 Å². The zero-order valence-corrected chi connectivity index (χ0v) is 12.9. The molecule has 0 saturated heterocycles. The zero-order valence-electron chi connectivity index (χ0n) is 12.9. The summed E-state index contributed by atoms with van der Waals surface area (Å²) in [6, 6.07) is 6.96. The van der Waals surface area contributed by atoms with Crippen molar-refractivity contribution in [3.8, 4) is 0 Å². The lowest BCUT2D eigenvalue weighted by Crippen LogP contribution is -2.46. The molecule has 0 aromatic heterocycles. The molecule has 1 aromatic rings. The van der Waals surface area contributed by atoms with Gasteiger partial charge in [-0.25, -0.2) is 4.79 Å². The van der Waals surface area contributed by atoms with Gasteiger partial charge < -0.3 is 10.4 Å². The van der Waals surface area contributed by atoms with Crippen LogP contribution in [-0.2, 0) is 4.79 Å². The summed E-state index contributed by atoms with van der Waals surface area (Å²) in [6.07, 6.45) is 2.69. The first kappa shape index (κ1) is 17.0. The molecular weight excluding hydrogens is 268 g/mol. The van der Waals surface area contributed by atoms with Crippen LogP contribution in [0, 0.1) is 6.92 Å². The molecule has 21 heavy (non-hydrogen) atoms. The number of carboxylic acids is 1. The predicted molar refractivity (Wildman–Crippen MR) is 83.7 cm³/mol. The average molecular weight is 292 g/mol. The van der Waals surface area contributed by atoms with Crippen LogP contribution >= 0.6 is 0 Å². The number of hydrogen-bond acceptors (Lipinski definition) is 2. The molecule has 0 aliphatic rings. The van der Waals surface area contributed by atoms with E-state index in [9.17, 15) is 9.59 Å². The molecule has 0 radical (unpaired) electrons. The molecule has 0 bridgehead atoms. The van der Waals surface area contributed by atoms with Crippen molar-refractivity contribution in [2.45, 2.75) is 46.1 Å². The SMILES string of the molecule is CCCC(CC)NC(=O)N(CC(=O)O)c1ccc(C)cc1. The minimum absolute atomic E-state index is 0.0734. The van der Waals surface area contributed by atoms with Crippen LogP contribution in [0.15, 0.2) is 24.3 Å². The maximum absolute atomic E-state index is 12.4. The summed E-state index contributed by atoms with van der Waals surface area (Å²) in [4.78, 5) is 24.6. The van der Waals surface area contributed by atoms with E-state index < -0.39 is 5.97 Å². The first-order valence-electron chi connectivity index (χ1n) is 7.34. The van der Waals surface area contributed by atoms with Gasteiger partial charge in [0.15, 0.2) is 0 Å². The quantitative estimate of drug-likeness (QED) is 0.811. The Morgan fingerprint density at radius 1 is 1.24 bits per heavy atom. The molecule has 0 heterocycles. The molecule has 1 unspecified atom stereocenters. The van der Waals surface area contributed by atoms with Gasteiger partial charge in [0.05, 0.1) is 0 Å². The van der Waals surface area contributed by atoms with Crippen LogP contribution < -0.4 is 10.2 Å². The van der Waals surface area contributed by atoms with Crippen LogP contribution in [0.3, 0.4) is 0 Å². The Morgan fingerprint density at radius 3 is 2.33 bits per heavy atom. The molecule has 116 valence electrons. The third-order valence-corrected chi connectivity index (χ3v) is 3.34. The Morgan fingerprint density at radius 2 is 1.86 bits per heavy atom. The van der Waals surface area contributed by atoms with Crippen molar-refractivity contribution in [3.63, 3.8) is 0 Å². The Bertz CT molecular complexity index is 471. The van der Waals surface area contributed by atoms with Gasteiger partial charge in [-0.1, -0.05) is 38.0 Å². The molecule has 5 heteroatoms. The molecular formula is C16H24N2O3. The number of aliphatic carboxylic acids is 1. The number of carbonyl (C=O) groups is 2. The van der Waals surface area contributed by atoms with Crippen LogP contribution in [0.25, 0.3) is 0 Å². The summed E-state index contributed by atoms with van der Waals surface area (Å²) >= 11 is 0. The van der Waals surface area contributed by atoms with Crippen molar-refractivity contribution in [2.75, 3.05) is 11.4 Å². The normalized spacial score (nSPS) is 11.8. The third-order valence-electron chi connectivity index (χ3n) is 3.34. The number of nitrogens with one attached hydrogen (secondary N) is 1. The van der Waals surface area contributed by atoms with Crippen molar-refractivity contribution in [2.24, 2.45) is 0 Å². The maximum atomic E-state index is 12.4. The van der Waals surface area contributed by atoms with Crippen LogP contribution in [-0.4, -0.2) is 29.7 Å². The van der Waals surface area contributed by atoms with E-state index in [0.29, 0.717) is 5.69 Å². The number of hydrogen-bond donors (Lipinski definition) is 2. The third kappa shape index (κ3) is 5.45. The number of amides is 2. The average Bonchev–Trinajstić information content (AvgIpc) is 2.45. The Hall–Kier alpha value is -2.04. The Labute approximate surface area is 126 Å². The van der Waals surface area contributed by atoms with Crippen molar-refractivity contribution < 1.29 is 14.7 Å².